The summed E-state index contributed by atoms with van der Waals surface area (Å²) >= 11 is 0. The zero-order valence-corrected chi connectivity index (χ0v) is 25.7. The minimum absolute atomic E-state index is 0. The lowest BCUT2D eigenvalue weighted by Crippen LogP contribution is -2.52. The Balaban J connectivity index is 0.00000484. The van der Waals surface area contributed by atoms with Crippen molar-refractivity contribution in [3.8, 4) is 5.75 Å². The zero-order chi connectivity index (χ0) is 29.7. The van der Waals surface area contributed by atoms with Crippen molar-refractivity contribution in [3.05, 3.63) is 71.3 Å². The van der Waals surface area contributed by atoms with Crippen LogP contribution in [0.5, 0.6) is 5.75 Å². The quantitative estimate of drug-likeness (QED) is 0.318. The van der Waals surface area contributed by atoms with Crippen molar-refractivity contribution in [1.82, 2.24) is 15.4 Å². The molecule has 0 bridgehead atoms. The molecule has 3 aromatic carbocycles. The molecule has 1 aliphatic rings. The number of likely N-dealkylation sites (N-methyl/N-ethyl adjacent to an activating group) is 1. The van der Waals surface area contributed by atoms with Gasteiger partial charge in [0.2, 0.25) is 21.8 Å². The lowest BCUT2D eigenvalue weighted by molar-refractivity contribution is -0.128. The number of nitrogens with one attached hydrogen (secondary N) is 3. The van der Waals surface area contributed by atoms with Gasteiger partial charge in [-0.2, -0.15) is 0 Å². The maximum absolute atomic E-state index is 14.0. The molecule has 1 heterocycles. The van der Waals surface area contributed by atoms with E-state index >= 15 is 0 Å². The number of methoxy groups -OCH3 is 1. The van der Waals surface area contributed by atoms with Crippen LogP contribution in [0.15, 0.2) is 54.6 Å². The van der Waals surface area contributed by atoms with Crippen LogP contribution in [0.2, 0.25) is 0 Å². The van der Waals surface area contributed by atoms with E-state index in [9.17, 15) is 22.8 Å². The van der Waals surface area contributed by atoms with E-state index in [1.807, 2.05) is 30.3 Å². The van der Waals surface area contributed by atoms with Gasteiger partial charge in [0, 0.05) is 16.8 Å². The van der Waals surface area contributed by atoms with Crippen molar-refractivity contribution in [2.45, 2.75) is 51.7 Å². The van der Waals surface area contributed by atoms with Crippen LogP contribution in [0, 0.1) is 0 Å². The molecule has 0 saturated carbocycles. The van der Waals surface area contributed by atoms with Crippen LogP contribution in [0.25, 0.3) is 10.8 Å². The van der Waals surface area contributed by atoms with Gasteiger partial charge in [0.25, 0.3) is 5.91 Å². The Bertz CT molecular complexity index is 1580. The fourth-order valence-corrected chi connectivity index (χ4v) is 6.10. The predicted octanol–water partition coefficient (Wildman–Crippen LogP) is 3.31. The molecule has 0 aromatic heterocycles. The molecule has 0 aliphatic carbocycles. The summed E-state index contributed by atoms with van der Waals surface area (Å²) in [6.45, 7) is 3.55. The van der Waals surface area contributed by atoms with Crippen LogP contribution < -0.4 is 25.0 Å². The lowest BCUT2D eigenvalue weighted by Gasteiger charge is -2.28. The van der Waals surface area contributed by atoms with E-state index in [1.54, 1.807) is 50.1 Å². The summed E-state index contributed by atoms with van der Waals surface area (Å²) in [7, 11) is -0.569. The number of nitrogens with zero attached hydrogens (tertiary/aromatic N) is 1. The third-order valence-electron chi connectivity index (χ3n) is 7.32. The molecule has 0 fully saturated rings. The van der Waals surface area contributed by atoms with Crippen molar-refractivity contribution < 1.29 is 27.5 Å². The molecule has 42 heavy (non-hydrogen) atoms. The van der Waals surface area contributed by atoms with Gasteiger partial charge in [-0.15, -0.1) is 12.4 Å². The summed E-state index contributed by atoms with van der Waals surface area (Å²) < 4.78 is 32.4. The minimum Gasteiger partial charge on any atom is -0.496 e. The number of sulfonamides is 1. The van der Waals surface area contributed by atoms with Gasteiger partial charge >= 0.3 is 0 Å². The number of anilines is 1. The van der Waals surface area contributed by atoms with Gasteiger partial charge in [-0.3, -0.25) is 14.4 Å². The number of hydrogen-bond acceptors (Lipinski definition) is 7. The number of benzene rings is 3. The van der Waals surface area contributed by atoms with Crippen molar-refractivity contribution in [2.75, 3.05) is 24.8 Å². The summed E-state index contributed by atoms with van der Waals surface area (Å²) in [6.07, 6.45) is 1.42. The third-order valence-corrected chi connectivity index (χ3v) is 8.77. The zero-order valence-electron chi connectivity index (χ0n) is 24.1. The third kappa shape index (κ3) is 7.03. The molecule has 3 amide bonds. The van der Waals surface area contributed by atoms with Gasteiger partial charge in [-0.1, -0.05) is 37.3 Å². The number of fused-ring (bicyclic) bond motifs is 2. The second-order valence-electron chi connectivity index (χ2n) is 10.1. The molecular weight excluding hydrogens is 580 g/mol. The topological polar surface area (TPSA) is 134 Å². The number of carbonyl (C=O) groups excluding carboxylic acids is 3. The maximum atomic E-state index is 14.0. The smallest absolute Gasteiger partial charge is 0.265 e. The molecule has 1 aliphatic heterocycles. The SMILES string of the molecule is CCCS(=O)(=O)NC(=O)c1cccc2c(CN3C(=O)[C@@H](NC(=O)[C@H](C)NC)CCc4ccccc43)c(OC)ccc12.Cl. The van der Waals surface area contributed by atoms with Gasteiger partial charge in [0.15, 0.2) is 0 Å². The Morgan fingerprint density at radius 3 is 2.50 bits per heavy atom. The Hall–Kier alpha value is -3.67. The molecule has 3 aromatic rings. The summed E-state index contributed by atoms with van der Waals surface area (Å²) in [4.78, 5) is 41.4. The minimum atomic E-state index is -3.78. The summed E-state index contributed by atoms with van der Waals surface area (Å²) in [6, 6.07) is 14.9. The number of ether oxygens (including phenoxy) is 1. The molecule has 0 spiro atoms. The number of halogens is 1. The van der Waals surface area contributed by atoms with E-state index in [-0.39, 0.29) is 42.1 Å². The Morgan fingerprint density at radius 2 is 1.81 bits per heavy atom. The first kappa shape index (κ1) is 32.8. The highest BCUT2D eigenvalue weighted by Crippen LogP contribution is 2.35. The first-order valence-corrected chi connectivity index (χ1v) is 15.3. The molecular formula is C30H37ClN4O6S. The van der Waals surface area contributed by atoms with Crippen LogP contribution in [-0.4, -0.2) is 58.1 Å². The molecule has 2 atom stereocenters. The molecule has 4 rings (SSSR count). The second-order valence-corrected chi connectivity index (χ2v) is 11.9. The highest BCUT2D eigenvalue weighted by atomic mass is 35.5. The fourth-order valence-electron chi connectivity index (χ4n) is 5.07. The van der Waals surface area contributed by atoms with E-state index in [1.165, 1.54) is 7.11 Å². The van der Waals surface area contributed by atoms with Gasteiger partial charge in [0.1, 0.15) is 11.8 Å². The molecule has 0 radical (unpaired) electrons. The number of aryl methyl sites for hydroxylation is 1. The lowest BCUT2D eigenvalue weighted by atomic mass is 9.98. The Labute approximate surface area is 252 Å². The Kier molecular flexibility index (Phi) is 10.9. The van der Waals surface area contributed by atoms with Crippen LogP contribution >= 0.6 is 12.4 Å². The van der Waals surface area contributed by atoms with E-state index in [0.717, 1.165) is 11.3 Å². The standard InChI is InChI=1S/C30H36N4O6S.ClH/c1-5-17-41(38,39)33-29(36)23-11-8-10-21-22(23)14-16-27(40-4)24(21)18-34-26-12-7-6-9-20(26)13-15-25(30(34)37)32-28(35)19(2)31-3;/h6-12,14,16,19,25,31H,5,13,15,17-18H2,1-4H3,(H,32,35)(H,33,36);1H/t19-,25-;/m0./s1. The van der Waals surface area contributed by atoms with Gasteiger partial charge in [-0.05, 0) is 73.8 Å². The molecule has 0 saturated heterocycles. The number of amides is 3. The van der Waals surface area contributed by atoms with Gasteiger partial charge in [0.05, 0.1) is 25.4 Å². The maximum Gasteiger partial charge on any atom is 0.265 e. The average molecular weight is 617 g/mol. The van der Waals surface area contributed by atoms with E-state index in [4.69, 9.17) is 4.74 Å². The molecule has 0 unspecified atom stereocenters. The van der Waals surface area contributed by atoms with E-state index < -0.39 is 28.0 Å². The first-order valence-electron chi connectivity index (χ1n) is 13.6. The van der Waals surface area contributed by atoms with Gasteiger partial charge < -0.3 is 20.3 Å². The van der Waals surface area contributed by atoms with Crippen LogP contribution in [0.3, 0.4) is 0 Å². The monoisotopic (exact) mass is 616 g/mol. The summed E-state index contributed by atoms with van der Waals surface area (Å²) in [5, 5.41) is 6.96. The van der Waals surface area contributed by atoms with E-state index in [0.29, 0.717) is 41.3 Å². The van der Waals surface area contributed by atoms with Crippen molar-refractivity contribution >= 4 is 56.6 Å². The van der Waals surface area contributed by atoms with Crippen molar-refractivity contribution in [1.29, 1.82) is 0 Å². The molecule has 3 N–H and O–H groups in total. The number of hydrogen-bond donors (Lipinski definition) is 3. The molecule has 12 heteroatoms. The van der Waals surface area contributed by atoms with E-state index in [2.05, 4.69) is 15.4 Å². The highest BCUT2D eigenvalue weighted by molar-refractivity contribution is 7.90. The first-order chi connectivity index (χ1) is 19.6. The van der Waals surface area contributed by atoms with Crippen molar-refractivity contribution in [2.24, 2.45) is 0 Å². The summed E-state index contributed by atoms with van der Waals surface area (Å²) in [5.41, 5.74) is 2.55. The predicted molar refractivity (Wildman–Crippen MR) is 166 cm³/mol. The fraction of sp³-hybridized carbons (Fsp3) is 0.367. The normalized spacial score (nSPS) is 15.7. The van der Waals surface area contributed by atoms with Crippen LogP contribution in [-0.2, 0) is 32.6 Å². The Morgan fingerprint density at radius 1 is 1.07 bits per heavy atom. The second kappa shape index (κ2) is 14.0. The number of carbonyl (C=O) groups is 3. The number of para-hydroxylation sites is 1. The largest absolute Gasteiger partial charge is 0.496 e. The molecule has 10 nitrogen and oxygen atoms in total. The summed E-state index contributed by atoms with van der Waals surface area (Å²) in [5.74, 6) is -0.909. The average Bonchev–Trinajstić information content (AvgIpc) is 3.08. The van der Waals surface area contributed by atoms with Crippen LogP contribution in [0.4, 0.5) is 5.69 Å². The van der Waals surface area contributed by atoms with Crippen LogP contribution in [0.1, 0.15) is 48.2 Å². The number of rotatable bonds is 10. The highest BCUT2D eigenvalue weighted by Gasteiger charge is 2.33. The van der Waals surface area contributed by atoms with Gasteiger partial charge in [-0.25, -0.2) is 13.1 Å². The molecule has 226 valence electrons. The van der Waals surface area contributed by atoms with Crippen molar-refractivity contribution in [3.63, 3.8) is 0 Å².